The van der Waals surface area contributed by atoms with Gasteiger partial charge >= 0.3 is 0 Å². The van der Waals surface area contributed by atoms with E-state index in [2.05, 4.69) is 0 Å². The van der Waals surface area contributed by atoms with Gasteiger partial charge in [0.1, 0.15) is 6.10 Å². The summed E-state index contributed by atoms with van der Waals surface area (Å²) >= 11 is 0. The molecule has 3 fully saturated rings. The maximum absolute atomic E-state index is 12.1. The summed E-state index contributed by atoms with van der Waals surface area (Å²) in [5, 5.41) is 0. The molecule has 0 aromatic heterocycles. The van der Waals surface area contributed by atoms with E-state index in [9.17, 15) is 8.42 Å². The number of rotatable bonds is 5. The highest BCUT2D eigenvalue weighted by atomic mass is 32.2. The van der Waals surface area contributed by atoms with Gasteiger partial charge in [-0.25, -0.2) is 8.42 Å². The molecule has 6 heteroatoms. The summed E-state index contributed by atoms with van der Waals surface area (Å²) in [6.07, 6.45) is 4.35. The predicted octanol–water partition coefficient (Wildman–Crippen LogP) is 0.994. The molecule has 1 heterocycles. The van der Waals surface area contributed by atoms with E-state index in [0.717, 1.165) is 25.4 Å². The molecule has 0 radical (unpaired) electrons. The van der Waals surface area contributed by atoms with Crippen LogP contribution in [0.1, 0.15) is 32.6 Å². The fourth-order valence-electron chi connectivity index (χ4n) is 3.12. The summed E-state index contributed by atoms with van der Waals surface area (Å²) in [4.78, 5) is 0. The Morgan fingerprint density at radius 1 is 1.26 bits per heavy atom. The number of nitrogens with zero attached hydrogens (tertiary/aromatic N) is 1. The molecule has 0 unspecified atom stereocenters. The second-order valence-electron chi connectivity index (χ2n) is 5.81. The SMILES string of the molecule is CCS(=O)(=O)N1CCO[C@H]2[C@H](OCC3CC3)CC[C@@H]21. The van der Waals surface area contributed by atoms with Crippen LogP contribution >= 0.6 is 0 Å². The van der Waals surface area contributed by atoms with Crippen LogP contribution in [0, 0.1) is 5.92 Å². The largest absolute Gasteiger partial charge is 0.375 e. The van der Waals surface area contributed by atoms with Crippen LogP contribution in [0.4, 0.5) is 0 Å². The van der Waals surface area contributed by atoms with Crippen molar-refractivity contribution >= 4 is 10.0 Å². The molecule has 0 aromatic carbocycles. The standard InChI is InChI=1S/C13H23NO4S/c1-2-19(15,16)14-7-8-17-13-11(14)5-6-12(13)18-9-10-3-4-10/h10-13H,2-9H2,1H3/t11-,12+,13+/m0/s1. The molecule has 3 atom stereocenters. The summed E-state index contributed by atoms with van der Waals surface area (Å²) in [7, 11) is -3.12. The normalized spacial score (nSPS) is 36.4. The van der Waals surface area contributed by atoms with E-state index >= 15 is 0 Å². The second kappa shape index (κ2) is 5.31. The van der Waals surface area contributed by atoms with Gasteiger partial charge in [-0.05, 0) is 38.5 Å². The predicted molar refractivity (Wildman–Crippen MR) is 71.4 cm³/mol. The summed E-state index contributed by atoms with van der Waals surface area (Å²) in [6, 6.07) is -0.0112. The molecule has 0 aromatic rings. The molecule has 2 saturated carbocycles. The third-order valence-electron chi connectivity index (χ3n) is 4.45. The van der Waals surface area contributed by atoms with Gasteiger partial charge < -0.3 is 9.47 Å². The quantitative estimate of drug-likeness (QED) is 0.757. The average Bonchev–Trinajstić information content (AvgIpc) is 3.15. The molecule has 0 amide bonds. The van der Waals surface area contributed by atoms with Crippen molar-refractivity contribution in [1.29, 1.82) is 0 Å². The van der Waals surface area contributed by atoms with Gasteiger partial charge in [0.2, 0.25) is 10.0 Å². The Bertz CT molecular complexity index is 420. The number of hydrogen-bond acceptors (Lipinski definition) is 4. The van der Waals surface area contributed by atoms with E-state index < -0.39 is 10.0 Å². The zero-order chi connectivity index (χ0) is 13.5. The summed E-state index contributed by atoms with van der Waals surface area (Å²) in [5.74, 6) is 0.905. The Morgan fingerprint density at radius 2 is 2.05 bits per heavy atom. The van der Waals surface area contributed by atoms with Crippen molar-refractivity contribution in [2.24, 2.45) is 5.92 Å². The number of fused-ring (bicyclic) bond motifs is 1. The molecule has 3 rings (SSSR count). The van der Waals surface area contributed by atoms with Crippen LogP contribution in [0.5, 0.6) is 0 Å². The number of hydrogen-bond donors (Lipinski definition) is 0. The molecule has 1 saturated heterocycles. The van der Waals surface area contributed by atoms with Crippen molar-refractivity contribution in [3.8, 4) is 0 Å². The fourth-order valence-corrected chi connectivity index (χ4v) is 4.44. The molecule has 2 aliphatic carbocycles. The minimum Gasteiger partial charge on any atom is -0.375 e. The van der Waals surface area contributed by atoms with Gasteiger partial charge in [0.05, 0.1) is 24.5 Å². The Labute approximate surface area is 115 Å². The number of morpholine rings is 1. The van der Waals surface area contributed by atoms with Gasteiger partial charge in [0, 0.05) is 13.2 Å². The molecule has 0 N–H and O–H groups in total. The minimum atomic E-state index is -3.12. The van der Waals surface area contributed by atoms with Crippen molar-refractivity contribution in [2.75, 3.05) is 25.5 Å². The van der Waals surface area contributed by atoms with Crippen molar-refractivity contribution in [3.63, 3.8) is 0 Å². The van der Waals surface area contributed by atoms with Gasteiger partial charge in [-0.15, -0.1) is 0 Å². The number of ether oxygens (including phenoxy) is 2. The molecule has 19 heavy (non-hydrogen) atoms. The molecule has 0 bridgehead atoms. The highest BCUT2D eigenvalue weighted by Gasteiger charge is 2.47. The van der Waals surface area contributed by atoms with Gasteiger partial charge in [-0.2, -0.15) is 4.31 Å². The third kappa shape index (κ3) is 2.82. The first kappa shape index (κ1) is 13.8. The first-order valence-electron chi connectivity index (χ1n) is 7.34. The maximum Gasteiger partial charge on any atom is 0.214 e. The molecular formula is C13H23NO4S. The monoisotopic (exact) mass is 289 g/mol. The molecule has 110 valence electrons. The Kier molecular flexibility index (Phi) is 3.86. The Hall–Kier alpha value is -0.170. The first-order chi connectivity index (χ1) is 9.12. The third-order valence-corrected chi connectivity index (χ3v) is 6.35. The van der Waals surface area contributed by atoms with Crippen LogP contribution < -0.4 is 0 Å². The summed E-state index contributed by atoms with van der Waals surface area (Å²) in [6.45, 7) is 3.50. The van der Waals surface area contributed by atoms with E-state index in [1.165, 1.54) is 12.8 Å². The Balaban J connectivity index is 1.66. The maximum atomic E-state index is 12.1. The molecule has 3 aliphatic rings. The van der Waals surface area contributed by atoms with Gasteiger partial charge in [-0.1, -0.05) is 0 Å². The molecule has 1 aliphatic heterocycles. The van der Waals surface area contributed by atoms with Crippen LogP contribution in [0.25, 0.3) is 0 Å². The van der Waals surface area contributed by atoms with Gasteiger partial charge in [0.25, 0.3) is 0 Å². The van der Waals surface area contributed by atoms with Crippen LogP contribution in [0.15, 0.2) is 0 Å². The lowest BCUT2D eigenvalue weighted by molar-refractivity contribution is -0.0976. The van der Waals surface area contributed by atoms with E-state index in [0.29, 0.717) is 13.2 Å². The lowest BCUT2D eigenvalue weighted by Crippen LogP contribution is -2.54. The van der Waals surface area contributed by atoms with Crippen molar-refractivity contribution in [2.45, 2.75) is 50.9 Å². The van der Waals surface area contributed by atoms with Crippen LogP contribution in [0.2, 0.25) is 0 Å². The van der Waals surface area contributed by atoms with Crippen molar-refractivity contribution in [1.82, 2.24) is 4.31 Å². The minimum absolute atomic E-state index is 0.0112. The fraction of sp³-hybridized carbons (Fsp3) is 1.00. The molecular weight excluding hydrogens is 266 g/mol. The van der Waals surface area contributed by atoms with E-state index in [4.69, 9.17) is 9.47 Å². The van der Waals surface area contributed by atoms with Crippen molar-refractivity contribution < 1.29 is 17.9 Å². The van der Waals surface area contributed by atoms with Crippen LogP contribution in [-0.4, -0.2) is 56.5 Å². The highest BCUT2D eigenvalue weighted by molar-refractivity contribution is 7.89. The van der Waals surface area contributed by atoms with Gasteiger partial charge in [-0.3, -0.25) is 0 Å². The van der Waals surface area contributed by atoms with Crippen molar-refractivity contribution in [3.05, 3.63) is 0 Å². The zero-order valence-corrected chi connectivity index (χ0v) is 12.3. The van der Waals surface area contributed by atoms with E-state index in [1.807, 2.05) is 0 Å². The van der Waals surface area contributed by atoms with Crippen LogP contribution in [-0.2, 0) is 19.5 Å². The average molecular weight is 289 g/mol. The van der Waals surface area contributed by atoms with Crippen LogP contribution in [0.3, 0.4) is 0 Å². The zero-order valence-electron chi connectivity index (χ0n) is 11.5. The lowest BCUT2D eigenvalue weighted by atomic mass is 10.1. The smallest absolute Gasteiger partial charge is 0.214 e. The van der Waals surface area contributed by atoms with Gasteiger partial charge in [0.15, 0.2) is 0 Å². The molecule has 5 nitrogen and oxygen atoms in total. The highest BCUT2D eigenvalue weighted by Crippen LogP contribution is 2.36. The topological polar surface area (TPSA) is 55.8 Å². The summed E-state index contributed by atoms with van der Waals surface area (Å²) in [5.41, 5.74) is 0. The van der Waals surface area contributed by atoms with E-state index in [-0.39, 0.29) is 24.0 Å². The lowest BCUT2D eigenvalue weighted by Gasteiger charge is -2.37. The number of sulfonamides is 1. The second-order valence-corrected chi connectivity index (χ2v) is 8.02. The Morgan fingerprint density at radius 3 is 2.74 bits per heavy atom. The van der Waals surface area contributed by atoms with E-state index in [1.54, 1.807) is 11.2 Å². The first-order valence-corrected chi connectivity index (χ1v) is 8.95. The summed E-state index contributed by atoms with van der Waals surface area (Å²) < 4.78 is 37.6. The molecule has 0 spiro atoms.